The Kier molecular flexibility index (Phi) is 4.70. The highest BCUT2D eigenvalue weighted by Gasteiger charge is 2.04. The van der Waals surface area contributed by atoms with Gasteiger partial charge in [0.15, 0.2) is 0 Å². The molecule has 0 aliphatic rings. The van der Waals surface area contributed by atoms with Crippen molar-refractivity contribution in [2.75, 3.05) is 17.6 Å². The molecule has 2 amide bonds. The van der Waals surface area contributed by atoms with Crippen molar-refractivity contribution in [3.8, 4) is 0 Å². The van der Waals surface area contributed by atoms with Gasteiger partial charge in [-0.15, -0.1) is 0 Å². The summed E-state index contributed by atoms with van der Waals surface area (Å²) in [5.74, 6) is 0. The van der Waals surface area contributed by atoms with E-state index in [-0.39, 0.29) is 6.03 Å². The lowest BCUT2D eigenvalue weighted by Gasteiger charge is -2.08. The Bertz CT molecular complexity index is 614. The first-order valence-electron chi connectivity index (χ1n) is 5.82. The number of rotatable bonds is 4. The highest BCUT2D eigenvalue weighted by atomic mass is 35.5. The van der Waals surface area contributed by atoms with Gasteiger partial charge in [-0.1, -0.05) is 23.2 Å². The summed E-state index contributed by atoms with van der Waals surface area (Å²) in [6.07, 6.45) is 3.24. The molecule has 2 aromatic rings. The zero-order valence-electron chi connectivity index (χ0n) is 10.4. The van der Waals surface area contributed by atoms with Crippen molar-refractivity contribution in [2.24, 2.45) is 0 Å². The van der Waals surface area contributed by atoms with E-state index in [0.717, 1.165) is 0 Å². The number of benzene rings is 1. The molecule has 6 nitrogen and oxygen atoms in total. The first-order chi connectivity index (χ1) is 9.54. The molecule has 1 heterocycles. The average Bonchev–Trinajstić information content (AvgIpc) is 2.80. The molecule has 0 unspecified atom stereocenters. The number of halogens is 2. The standard InChI is InChI=1S/C12H13Cl2N5O/c13-10-2-1-9(5-11(10)14)18-12(20)16-3-4-19-7-8(15)6-17-19/h1-2,5-7H,3-4,15H2,(H2,16,18,20). The van der Waals surface area contributed by atoms with Crippen molar-refractivity contribution in [3.63, 3.8) is 0 Å². The number of carbonyl (C=O) groups excluding carboxylic acids is 1. The summed E-state index contributed by atoms with van der Waals surface area (Å²) in [5, 5.41) is 10.2. The predicted molar refractivity (Wildman–Crippen MR) is 80.1 cm³/mol. The minimum Gasteiger partial charge on any atom is -0.396 e. The maximum absolute atomic E-state index is 11.7. The summed E-state index contributed by atoms with van der Waals surface area (Å²) < 4.78 is 1.65. The summed E-state index contributed by atoms with van der Waals surface area (Å²) in [6, 6.07) is 4.54. The van der Waals surface area contributed by atoms with Crippen LogP contribution in [0.2, 0.25) is 10.0 Å². The lowest BCUT2D eigenvalue weighted by molar-refractivity contribution is 0.251. The van der Waals surface area contributed by atoms with E-state index in [2.05, 4.69) is 15.7 Å². The van der Waals surface area contributed by atoms with Gasteiger partial charge in [0, 0.05) is 18.4 Å². The molecule has 2 rings (SSSR count). The van der Waals surface area contributed by atoms with E-state index in [0.29, 0.717) is 34.5 Å². The van der Waals surface area contributed by atoms with Gasteiger partial charge in [-0.3, -0.25) is 4.68 Å². The van der Waals surface area contributed by atoms with E-state index in [9.17, 15) is 4.79 Å². The molecule has 1 aromatic heterocycles. The lowest BCUT2D eigenvalue weighted by atomic mass is 10.3. The highest BCUT2D eigenvalue weighted by molar-refractivity contribution is 6.42. The van der Waals surface area contributed by atoms with Gasteiger partial charge in [-0.05, 0) is 18.2 Å². The first kappa shape index (κ1) is 14.5. The number of carbonyl (C=O) groups is 1. The van der Waals surface area contributed by atoms with E-state index >= 15 is 0 Å². The van der Waals surface area contributed by atoms with Gasteiger partial charge in [-0.2, -0.15) is 5.10 Å². The number of nitrogen functional groups attached to an aromatic ring is 1. The zero-order chi connectivity index (χ0) is 14.5. The van der Waals surface area contributed by atoms with Gasteiger partial charge >= 0.3 is 6.03 Å². The summed E-state index contributed by atoms with van der Waals surface area (Å²) in [7, 11) is 0. The largest absolute Gasteiger partial charge is 0.396 e. The molecule has 0 saturated heterocycles. The van der Waals surface area contributed by atoms with Crippen LogP contribution in [0.5, 0.6) is 0 Å². The van der Waals surface area contributed by atoms with Gasteiger partial charge in [0.25, 0.3) is 0 Å². The maximum Gasteiger partial charge on any atom is 0.319 e. The van der Waals surface area contributed by atoms with Crippen LogP contribution in [0.3, 0.4) is 0 Å². The van der Waals surface area contributed by atoms with Crippen LogP contribution in [0.1, 0.15) is 0 Å². The van der Waals surface area contributed by atoms with Crippen LogP contribution in [0.15, 0.2) is 30.6 Å². The fourth-order valence-electron chi connectivity index (χ4n) is 1.54. The van der Waals surface area contributed by atoms with Gasteiger partial charge in [-0.25, -0.2) is 4.79 Å². The third-order valence-electron chi connectivity index (χ3n) is 2.46. The Hall–Kier alpha value is -1.92. The molecule has 106 valence electrons. The first-order valence-corrected chi connectivity index (χ1v) is 6.58. The zero-order valence-corrected chi connectivity index (χ0v) is 11.9. The van der Waals surface area contributed by atoms with E-state index in [1.807, 2.05) is 0 Å². The summed E-state index contributed by atoms with van der Waals surface area (Å²) in [5.41, 5.74) is 6.69. The van der Waals surface area contributed by atoms with Crippen molar-refractivity contribution in [3.05, 3.63) is 40.6 Å². The lowest BCUT2D eigenvalue weighted by Crippen LogP contribution is -2.31. The van der Waals surface area contributed by atoms with Gasteiger partial charge < -0.3 is 16.4 Å². The fraction of sp³-hybridized carbons (Fsp3) is 0.167. The minimum atomic E-state index is -0.330. The van der Waals surface area contributed by atoms with Gasteiger partial charge in [0.1, 0.15) is 0 Å². The van der Waals surface area contributed by atoms with Crippen molar-refractivity contribution in [1.29, 1.82) is 0 Å². The Balaban J connectivity index is 1.79. The molecule has 0 spiro atoms. The molecule has 0 fully saturated rings. The third kappa shape index (κ3) is 4.04. The van der Waals surface area contributed by atoms with Crippen LogP contribution in [0.25, 0.3) is 0 Å². The number of nitrogens with two attached hydrogens (primary N) is 1. The van der Waals surface area contributed by atoms with E-state index in [1.165, 1.54) is 0 Å². The molecule has 4 N–H and O–H groups in total. The molecular weight excluding hydrogens is 301 g/mol. The summed E-state index contributed by atoms with van der Waals surface area (Å²) >= 11 is 11.6. The van der Waals surface area contributed by atoms with Crippen molar-refractivity contribution < 1.29 is 4.79 Å². The highest BCUT2D eigenvalue weighted by Crippen LogP contribution is 2.24. The molecule has 0 aliphatic carbocycles. The molecule has 0 atom stereocenters. The molecule has 0 radical (unpaired) electrons. The van der Waals surface area contributed by atoms with Crippen LogP contribution in [-0.4, -0.2) is 22.4 Å². The monoisotopic (exact) mass is 313 g/mol. The Morgan fingerprint density at radius 1 is 1.35 bits per heavy atom. The van der Waals surface area contributed by atoms with Crippen LogP contribution < -0.4 is 16.4 Å². The Morgan fingerprint density at radius 3 is 2.80 bits per heavy atom. The number of nitrogens with zero attached hydrogens (tertiary/aromatic N) is 2. The quantitative estimate of drug-likeness (QED) is 0.811. The second-order valence-electron chi connectivity index (χ2n) is 4.05. The number of amides is 2. The molecule has 20 heavy (non-hydrogen) atoms. The van der Waals surface area contributed by atoms with Crippen molar-refractivity contribution in [2.45, 2.75) is 6.54 Å². The van der Waals surface area contributed by atoms with Gasteiger partial charge in [0.2, 0.25) is 0 Å². The number of urea groups is 1. The van der Waals surface area contributed by atoms with Crippen LogP contribution in [-0.2, 0) is 6.54 Å². The second-order valence-corrected chi connectivity index (χ2v) is 4.86. The molecule has 1 aromatic carbocycles. The molecule has 0 aliphatic heterocycles. The summed E-state index contributed by atoms with van der Waals surface area (Å²) in [6.45, 7) is 0.959. The Morgan fingerprint density at radius 2 is 2.15 bits per heavy atom. The summed E-state index contributed by atoms with van der Waals surface area (Å²) in [4.78, 5) is 11.7. The topological polar surface area (TPSA) is 85.0 Å². The van der Waals surface area contributed by atoms with E-state index in [4.69, 9.17) is 28.9 Å². The molecule has 0 saturated carbocycles. The van der Waals surface area contributed by atoms with Crippen LogP contribution in [0, 0.1) is 0 Å². The number of aromatic nitrogens is 2. The number of anilines is 2. The number of hydrogen-bond donors (Lipinski definition) is 3. The second kappa shape index (κ2) is 6.49. The predicted octanol–water partition coefficient (Wildman–Crippen LogP) is 2.59. The Labute approximate surface area is 125 Å². The fourth-order valence-corrected chi connectivity index (χ4v) is 1.83. The smallest absolute Gasteiger partial charge is 0.319 e. The number of hydrogen-bond acceptors (Lipinski definition) is 3. The average molecular weight is 314 g/mol. The third-order valence-corrected chi connectivity index (χ3v) is 3.20. The normalized spacial score (nSPS) is 10.3. The van der Waals surface area contributed by atoms with Crippen LogP contribution >= 0.6 is 23.2 Å². The van der Waals surface area contributed by atoms with Crippen molar-refractivity contribution >= 4 is 40.6 Å². The van der Waals surface area contributed by atoms with Crippen LogP contribution in [0.4, 0.5) is 16.2 Å². The van der Waals surface area contributed by atoms with E-state index < -0.39 is 0 Å². The molecule has 0 bridgehead atoms. The minimum absolute atomic E-state index is 0.330. The molecular formula is C12H13Cl2N5O. The van der Waals surface area contributed by atoms with E-state index in [1.54, 1.807) is 35.3 Å². The SMILES string of the molecule is Nc1cnn(CCNC(=O)Nc2ccc(Cl)c(Cl)c2)c1. The van der Waals surface area contributed by atoms with Crippen molar-refractivity contribution in [1.82, 2.24) is 15.1 Å². The number of nitrogens with one attached hydrogen (secondary N) is 2. The molecule has 8 heteroatoms. The van der Waals surface area contributed by atoms with Gasteiger partial charge in [0.05, 0.1) is 28.5 Å². The maximum atomic E-state index is 11.7.